The van der Waals surface area contributed by atoms with Crippen LogP contribution in [0.25, 0.3) is 0 Å². The quantitative estimate of drug-likeness (QED) is 0.589. The summed E-state index contributed by atoms with van der Waals surface area (Å²) in [7, 11) is -4.05. The van der Waals surface area contributed by atoms with Gasteiger partial charge in [0, 0.05) is 5.54 Å². The predicted molar refractivity (Wildman–Crippen MR) is 117 cm³/mol. The monoisotopic (exact) mass is 467 g/mol. The number of carbonyl (C=O) groups excluding carboxylic acids is 2. The first-order chi connectivity index (χ1) is 14.8. The Hall–Kier alpha value is -2.72. The van der Waals surface area contributed by atoms with E-state index in [0.29, 0.717) is 5.76 Å². The first-order valence-electron chi connectivity index (χ1n) is 10.2. The van der Waals surface area contributed by atoms with Gasteiger partial charge in [0.1, 0.15) is 17.6 Å². The Balaban J connectivity index is 2.27. The molecular weight excluding hydrogens is 437 g/mol. The van der Waals surface area contributed by atoms with Crippen molar-refractivity contribution in [3.8, 4) is 0 Å². The summed E-state index contributed by atoms with van der Waals surface area (Å²) in [4.78, 5) is 27.3. The van der Waals surface area contributed by atoms with Crippen LogP contribution in [0, 0.1) is 11.7 Å². The topological polar surface area (TPSA) is 109 Å². The highest BCUT2D eigenvalue weighted by atomic mass is 32.2. The van der Waals surface area contributed by atoms with E-state index in [0.717, 1.165) is 24.3 Å². The molecule has 0 saturated heterocycles. The fraction of sp³-hybridized carbons (Fsp3) is 0.455. The maximum Gasteiger partial charge on any atom is 0.243 e. The number of rotatable bonds is 9. The van der Waals surface area contributed by atoms with Crippen LogP contribution in [0.4, 0.5) is 4.39 Å². The van der Waals surface area contributed by atoms with Crippen molar-refractivity contribution in [1.29, 1.82) is 0 Å². The molecule has 176 valence electrons. The number of benzene rings is 1. The Bertz CT molecular complexity index is 1010. The smallest absolute Gasteiger partial charge is 0.243 e. The highest BCUT2D eigenvalue weighted by Crippen LogP contribution is 2.18. The number of hydrogen-bond donors (Lipinski definition) is 2. The number of nitrogens with one attached hydrogen (secondary N) is 2. The van der Waals surface area contributed by atoms with Gasteiger partial charge in [0.25, 0.3) is 0 Å². The molecule has 0 fully saturated rings. The summed E-state index contributed by atoms with van der Waals surface area (Å²) in [5.41, 5.74) is -0.520. The Labute approximate surface area is 188 Å². The largest absolute Gasteiger partial charge is 0.467 e. The molecule has 1 atom stereocenters. The molecule has 8 nitrogen and oxygen atoms in total. The molecule has 2 N–H and O–H groups in total. The average Bonchev–Trinajstić information content (AvgIpc) is 3.17. The van der Waals surface area contributed by atoms with Crippen molar-refractivity contribution in [1.82, 2.24) is 14.9 Å². The van der Waals surface area contributed by atoms with Gasteiger partial charge in [0.2, 0.25) is 21.8 Å². The number of furan rings is 1. The van der Waals surface area contributed by atoms with Crippen LogP contribution in [0.3, 0.4) is 0 Å². The summed E-state index contributed by atoms with van der Waals surface area (Å²) in [6.07, 6.45) is 1.45. The van der Waals surface area contributed by atoms with Crippen molar-refractivity contribution >= 4 is 21.8 Å². The third kappa shape index (κ3) is 7.16. The SMILES string of the molecule is CC(C)[C@@H](C(=O)NC(C)(C)C)N(Cc1ccco1)C(=O)CNS(=O)(=O)c1ccc(F)cc1. The molecule has 32 heavy (non-hydrogen) atoms. The van der Waals surface area contributed by atoms with E-state index in [9.17, 15) is 22.4 Å². The van der Waals surface area contributed by atoms with Crippen LogP contribution in [0.2, 0.25) is 0 Å². The van der Waals surface area contributed by atoms with E-state index in [1.165, 1.54) is 11.2 Å². The molecule has 1 aromatic carbocycles. The molecule has 10 heteroatoms. The minimum atomic E-state index is -4.05. The zero-order valence-corrected chi connectivity index (χ0v) is 19.7. The van der Waals surface area contributed by atoms with Crippen molar-refractivity contribution in [2.24, 2.45) is 5.92 Å². The van der Waals surface area contributed by atoms with Crippen LogP contribution < -0.4 is 10.0 Å². The maximum atomic E-state index is 13.1. The lowest BCUT2D eigenvalue weighted by Gasteiger charge is -2.35. The maximum absolute atomic E-state index is 13.1. The summed E-state index contributed by atoms with van der Waals surface area (Å²) >= 11 is 0. The Kier molecular flexibility index (Phi) is 8.19. The lowest BCUT2D eigenvalue weighted by atomic mass is 9.99. The van der Waals surface area contributed by atoms with E-state index < -0.39 is 39.9 Å². The van der Waals surface area contributed by atoms with Crippen LogP contribution in [0.1, 0.15) is 40.4 Å². The molecule has 0 aliphatic heterocycles. The number of carbonyl (C=O) groups is 2. The highest BCUT2D eigenvalue weighted by Gasteiger charge is 2.35. The van der Waals surface area contributed by atoms with Gasteiger partial charge in [0.05, 0.1) is 24.2 Å². The molecule has 1 aromatic heterocycles. The normalized spacial score (nSPS) is 13.1. The van der Waals surface area contributed by atoms with Gasteiger partial charge in [-0.1, -0.05) is 13.8 Å². The van der Waals surface area contributed by atoms with E-state index in [4.69, 9.17) is 4.42 Å². The van der Waals surface area contributed by atoms with E-state index in [1.807, 2.05) is 20.8 Å². The Morgan fingerprint density at radius 3 is 2.25 bits per heavy atom. The number of sulfonamides is 1. The summed E-state index contributed by atoms with van der Waals surface area (Å²) in [5, 5.41) is 2.88. The molecule has 0 spiro atoms. The van der Waals surface area contributed by atoms with Gasteiger partial charge < -0.3 is 14.6 Å². The molecular formula is C22H30FN3O5S. The standard InChI is InChI=1S/C22H30FN3O5S/c1-15(2)20(21(28)25-22(3,4)5)26(14-17-7-6-12-31-17)19(27)13-24-32(29,30)18-10-8-16(23)9-11-18/h6-12,15,20,24H,13-14H2,1-5H3,(H,25,28)/t20-/m0/s1. The number of nitrogens with zero attached hydrogens (tertiary/aromatic N) is 1. The number of halogens is 1. The average molecular weight is 468 g/mol. The van der Waals surface area contributed by atoms with Crippen LogP contribution in [0.15, 0.2) is 52.0 Å². The number of hydrogen-bond acceptors (Lipinski definition) is 5. The molecule has 2 aromatic rings. The lowest BCUT2D eigenvalue weighted by molar-refractivity contribution is -0.143. The van der Waals surface area contributed by atoms with Crippen molar-refractivity contribution in [3.05, 3.63) is 54.2 Å². The fourth-order valence-electron chi connectivity index (χ4n) is 3.12. The zero-order valence-electron chi connectivity index (χ0n) is 18.9. The molecule has 0 radical (unpaired) electrons. The molecule has 2 amide bonds. The van der Waals surface area contributed by atoms with Gasteiger partial charge in [-0.05, 0) is 63.1 Å². The van der Waals surface area contributed by atoms with Crippen LogP contribution >= 0.6 is 0 Å². The Morgan fingerprint density at radius 1 is 1.12 bits per heavy atom. The van der Waals surface area contributed by atoms with Gasteiger partial charge in [-0.25, -0.2) is 17.5 Å². The summed E-state index contributed by atoms with van der Waals surface area (Å²) < 4.78 is 45.7. The van der Waals surface area contributed by atoms with Crippen molar-refractivity contribution in [2.75, 3.05) is 6.54 Å². The van der Waals surface area contributed by atoms with Crippen LogP contribution in [0.5, 0.6) is 0 Å². The van der Waals surface area contributed by atoms with Crippen LogP contribution in [-0.4, -0.2) is 43.3 Å². The molecule has 0 unspecified atom stereocenters. The van der Waals surface area contributed by atoms with Crippen molar-refractivity contribution < 1.29 is 26.8 Å². The molecule has 0 aliphatic carbocycles. The highest BCUT2D eigenvalue weighted by molar-refractivity contribution is 7.89. The third-order valence-corrected chi connectivity index (χ3v) is 5.92. The second-order valence-electron chi connectivity index (χ2n) is 8.81. The summed E-state index contributed by atoms with van der Waals surface area (Å²) in [5.74, 6) is -1.34. The van der Waals surface area contributed by atoms with Crippen molar-refractivity contribution in [3.63, 3.8) is 0 Å². The first-order valence-corrected chi connectivity index (χ1v) is 11.7. The first kappa shape index (κ1) is 25.5. The summed E-state index contributed by atoms with van der Waals surface area (Å²) in [6, 6.07) is 6.72. The van der Waals surface area contributed by atoms with E-state index in [-0.39, 0.29) is 23.3 Å². The Morgan fingerprint density at radius 2 is 1.75 bits per heavy atom. The molecule has 1 heterocycles. The second-order valence-corrected chi connectivity index (χ2v) is 10.6. The second kappa shape index (κ2) is 10.3. The van der Waals surface area contributed by atoms with Gasteiger partial charge >= 0.3 is 0 Å². The predicted octanol–water partition coefficient (Wildman–Crippen LogP) is 2.67. The molecule has 0 saturated carbocycles. The summed E-state index contributed by atoms with van der Waals surface area (Å²) in [6.45, 7) is 8.51. The van der Waals surface area contributed by atoms with Gasteiger partial charge in [-0.15, -0.1) is 0 Å². The third-order valence-electron chi connectivity index (χ3n) is 4.50. The molecule has 0 aliphatic rings. The van der Waals surface area contributed by atoms with Crippen LogP contribution in [-0.2, 0) is 26.2 Å². The van der Waals surface area contributed by atoms with Gasteiger partial charge in [0.15, 0.2) is 0 Å². The van der Waals surface area contributed by atoms with Crippen molar-refractivity contribution in [2.45, 2.75) is 57.6 Å². The van der Waals surface area contributed by atoms with E-state index in [2.05, 4.69) is 10.0 Å². The van der Waals surface area contributed by atoms with Gasteiger partial charge in [-0.2, -0.15) is 0 Å². The number of amides is 2. The fourth-order valence-corrected chi connectivity index (χ4v) is 4.09. The lowest BCUT2D eigenvalue weighted by Crippen LogP contribution is -2.57. The van der Waals surface area contributed by atoms with E-state index in [1.54, 1.807) is 26.0 Å². The minimum absolute atomic E-state index is 0.00941. The molecule has 0 bridgehead atoms. The zero-order chi connectivity index (χ0) is 24.1. The minimum Gasteiger partial charge on any atom is -0.467 e. The van der Waals surface area contributed by atoms with Gasteiger partial charge in [-0.3, -0.25) is 9.59 Å². The molecule has 2 rings (SSSR count). The van der Waals surface area contributed by atoms with E-state index >= 15 is 0 Å².